The average Bonchev–Trinajstić information content (AvgIpc) is 3.15. The van der Waals surface area contributed by atoms with Crippen LogP contribution < -0.4 is 4.90 Å². The van der Waals surface area contributed by atoms with Crippen molar-refractivity contribution in [3.63, 3.8) is 0 Å². The number of imidazole rings is 1. The van der Waals surface area contributed by atoms with E-state index in [1.54, 1.807) is 0 Å². The van der Waals surface area contributed by atoms with Crippen LogP contribution in [0.1, 0.15) is 36.0 Å². The minimum Gasteiger partial charge on any atom is -0.354 e. The SMILES string of the molecule is Cc1cnc(C)c(N2CCCC(c3ncc(-c4ccccc4)[nH]3)C2)n1. The van der Waals surface area contributed by atoms with Crippen molar-refractivity contribution in [2.45, 2.75) is 32.6 Å². The van der Waals surface area contributed by atoms with Crippen LogP contribution in [0.15, 0.2) is 42.7 Å². The molecule has 0 saturated carbocycles. The molecule has 0 aliphatic carbocycles. The van der Waals surface area contributed by atoms with Crippen molar-refractivity contribution in [2.75, 3.05) is 18.0 Å². The van der Waals surface area contributed by atoms with E-state index >= 15 is 0 Å². The van der Waals surface area contributed by atoms with Crippen molar-refractivity contribution >= 4 is 5.82 Å². The molecule has 3 heterocycles. The van der Waals surface area contributed by atoms with E-state index in [0.717, 1.165) is 54.7 Å². The highest BCUT2D eigenvalue weighted by molar-refractivity contribution is 5.58. The Morgan fingerprint density at radius 2 is 1.92 bits per heavy atom. The number of aromatic nitrogens is 4. The lowest BCUT2D eigenvalue weighted by molar-refractivity contribution is 0.490. The highest BCUT2D eigenvalue weighted by atomic mass is 15.2. The minimum absolute atomic E-state index is 0.396. The number of anilines is 1. The predicted octanol–water partition coefficient (Wildman–Crippen LogP) is 3.87. The van der Waals surface area contributed by atoms with E-state index in [9.17, 15) is 0 Å². The van der Waals surface area contributed by atoms with Crippen molar-refractivity contribution in [1.29, 1.82) is 0 Å². The summed E-state index contributed by atoms with van der Waals surface area (Å²) in [7, 11) is 0. The fourth-order valence-corrected chi connectivity index (χ4v) is 3.53. The van der Waals surface area contributed by atoms with E-state index < -0.39 is 0 Å². The third-order valence-corrected chi connectivity index (χ3v) is 4.84. The fraction of sp³-hybridized carbons (Fsp3) is 0.350. The summed E-state index contributed by atoms with van der Waals surface area (Å²) in [5, 5.41) is 0. The average molecular weight is 333 g/mol. The lowest BCUT2D eigenvalue weighted by atomic mass is 9.97. The third kappa shape index (κ3) is 3.27. The van der Waals surface area contributed by atoms with Crippen molar-refractivity contribution < 1.29 is 0 Å². The molecule has 3 aromatic rings. The Morgan fingerprint density at radius 3 is 2.76 bits per heavy atom. The molecule has 4 rings (SSSR count). The van der Waals surface area contributed by atoms with Gasteiger partial charge in [-0.3, -0.25) is 4.98 Å². The second-order valence-corrected chi connectivity index (χ2v) is 6.75. The number of benzene rings is 1. The lowest BCUT2D eigenvalue weighted by Gasteiger charge is -2.33. The summed E-state index contributed by atoms with van der Waals surface area (Å²) in [5.41, 5.74) is 4.22. The van der Waals surface area contributed by atoms with Crippen LogP contribution in [0.4, 0.5) is 5.82 Å². The second-order valence-electron chi connectivity index (χ2n) is 6.75. The van der Waals surface area contributed by atoms with Crippen molar-refractivity contribution in [2.24, 2.45) is 0 Å². The third-order valence-electron chi connectivity index (χ3n) is 4.84. The van der Waals surface area contributed by atoms with Crippen LogP contribution >= 0.6 is 0 Å². The first kappa shape index (κ1) is 15.8. The van der Waals surface area contributed by atoms with Gasteiger partial charge in [0.2, 0.25) is 0 Å². The highest BCUT2D eigenvalue weighted by Gasteiger charge is 2.25. The van der Waals surface area contributed by atoms with E-state index in [1.165, 1.54) is 5.56 Å². The molecule has 1 saturated heterocycles. The smallest absolute Gasteiger partial charge is 0.150 e. The molecule has 5 nitrogen and oxygen atoms in total. The molecule has 1 aliphatic heterocycles. The van der Waals surface area contributed by atoms with Gasteiger partial charge in [0.25, 0.3) is 0 Å². The standard InChI is InChI=1S/C20H23N5/c1-14-11-21-15(2)20(23-14)25-10-6-9-17(13-25)19-22-12-18(24-19)16-7-4-3-5-8-16/h3-5,7-8,11-12,17H,6,9-10,13H2,1-2H3,(H,22,24). The summed E-state index contributed by atoms with van der Waals surface area (Å²) in [4.78, 5) is 19.7. The Kier molecular flexibility index (Phi) is 4.22. The van der Waals surface area contributed by atoms with Gasteiger partial charge in [-0.1, -0.05) is 30.3 Å². The number of nitrogens with zero attached hydrogens (tertiary/aromatic N) is 4. The van der Waals surface area contributed by atoms with Crippen LogP contribution in [0, 0.1) is 13.8 Å². The Labute approximate surface area is 148 Å². The first-order valence-electron chi connectivity index (χ1n) is 8.86. The number of nitrogens with one attached hydrogen (secondary N) is 1. The summed E-state index contributed by atoms with van der Waals surface area (Å²) in [6.07, 6.45) is 6.07. The Morgan fingerprint density at radius 1 is 1.08 bits per heavy atom. The first-order chi connectivity index (χ1) is 12.2. The maximum Gasteiger partial charge on any atom is 0.150 e. The van der Waals surface area contributed by atoms with Gasteiger partial charge < -0.3 is 9.88 Å². The van der Waals surface area contributed by atoms with Gasteiger partial charge in [-0.2, -0.15) is 0 Å². The van der Waals surface area contributed by atoms with E-state index in [1.807, 2.05) is 32.3 Å². The lowest BCUT2D eigenvalue weighted by Crippen LogP contribution is -2.36. The number of aryl methyl sites for hydroxylation is 2. The molecule has 25 heavy (non-hydrogen) atoms. The molecular formula is C20H23N5. The molecule has 1 aromatic carbocycles. The van der Waals surface area contributed by atoms with Gasteiger partial charge in [-0.05, 0) is 32.3 Å². The van der Waals surface area contributed by atoms with E-state index in [4.69, 9.17) is 4.98 Å². The Balaban J connectivity index is 1.56. The van der Waals surface area contributed by atoms with Gasteiger partial charge in [0.15, 0.2) is 0 Å². The van der Waals surface area contributed by atoms with Gasteiger partial charge >= 0.3 is 0 Å². The molecule has 0 radical (unpaired) electrons. The van der Waals surface area contributed by atoms with Crippen LogP contribution in [0.25, 0.3) is 11.3 Å². The molecule has 1 fully saturated rings. The van der Waals surface area contributed by atoms with Crippen LogP contribution in [0.5, 0.6) is 0 Å². The minimum atomic E-state index is 0.396. The summed E-state index contributed by atoms with van der Waals surface area (Å²) in [6.45, 7) is 5.99. The first-order valence-corrected chi connectivity index (χ1v) is 8.86. The largest absolute Gasteiger partial charge is 0.354 e. The fourth-order valence-electron chi connectivity index (χ4n) is 3.53. The summed E-state index contributed by atoms with van der Waals surface area (Å²) < 4.78 is 0. The van der Waals surface area contributed by atoms with Crippen molar-refractivity contribution in [3.8, 4) is 11.3 Å². The molecule has 0 bridgehead atoms. The molecule has 5 heteroatoms. The van der Waals surface area contributed by atoms with Crippen molar-refractivity contribution in [3.05, 3.63) is 59.9 Å². The molecule has 0 spiro atoms. The topological polar surface area (TPSA) is 57.7 Å². The zero-order valence-electron chi connectivity index (χ0n) is 14.7. The zero-order chi connectivity index (χ0) is 17.2. The Hall–Kier alpha value is -2.69. The molecule has 1 aliphatic rings. The van der Waals surface area contributed by atoms with E-state index in [-0.39, 0.29) is 0 Å². The molecular weight excluding hydrogens is 310 g/mol. The molecule has 1 N–H and O–H groups in total. The van der Waals surface area contributed by atoms with Gasteiger partial charge in [-0.15, -0.1) is 0 Å². The van der Waals surface area contributed by atoms with Crippen molar-refractivity contribution in [1.82, 2.24) is 19.9 Å². The number of piperidine rings is 1. The van der Waals surface area contributed by atoms with Gasteiger partial charge in [-0.25, -0.2) is 9.97 Å². The predicted molar refractivity (Wildman–Crippen MR) is 99.7 cm³/mol. The quantitative estimate of drug-likeness (QED) is 0.790. The van der Waals surface area contributed by atoms with E-state index in [0.29, 0.717) is 5.92 Å². The van der Waals surface area contributed by atoms with Crippen LogP contribution in [-0.4, -0.2) is 33.0 Å². The number of aromatic amines is 1. The second kappa shape index (κ2) is 6.67. The molecule has 0 amide bonds. The summed E-state index contributed by atoms with van der Waals surface area (Å²) in [5.74, 6) is 2.48. The number of hydrogen-bond acceptors (Lipinski definition) is 4. The van der Waals surface area contributed by atoms with E-state index in [2.05, 4.69) is 44.1 Å². The number of rotatable bonds is 3. The zero-order valence-corrected chi connectivity index (χ0v) is 14.7. The van der Waals surface area contributed by atoms with Crippen LogP contribution in [0.3, 0.4) is 0 Å². The Bertz CT molecular complexity index is 856. The number of H-pyrrole nitrogens is 1. The molecule has 1 atom stereocenters. The molecule has 1 unspecified atom stereocenters. The van der Waals surface area contributed by atoms with Gasteiger partial charge in [0.05, 0.1) is 23.3 Å². The molecule has 2 aromatic heterocycles. The summed E-state index contributed by atoms with van der Waals surface area (Å²) in [6, 6.07) is 10.4. The highest BCUT2D eigenvalue weighted by Crippen LogP contribution is 2.30. The maximum absolute atomic E-state index is 4.71. The molecule has 128 valence electrons. The van der Waals surface area contributed by atoms with Gasteiger partial charge in [0, 0.05) is 25.2 Å². The maximum atomic E-state index is 4.71. The number of hydrogen-bond donors (Lipinski definition) is 1. The van der Waals surface area contributed by atoms with Gasteiger partial charge in [0.1, 0.15) is 11.6 Å². The summed E-state index contributed by atoms with van der Waals surface area (Å²) >= 11 is 0. The normalized spacial score (nSPS) is 17.7. The monoisotopic (exact) mass is 333 g/mol. The van der Waals surface area contributed by atoms with Crippen LogP contribution in [-0.2, 0) is 0 Å². The van der Waals surface area contributed by atoms with Crippen LogP contribution in [0.2, 0.25) is 0 Å².